The summed E-state index contributed by atoms with van der Waals surface area (Å²) in [6.07, 6.45) is 14.9. The Morgan fingerprint density at radius 1 is 0.459 bits per heavy atom. The molecule has 1 aliphatic rings. The van der Waals surface area contributed by atoms with Crippen LogP contribution in [0.2, 0.25) is 0 Å². The molecule has 0 aliphatic heterocycles. The maximum absolute atomic E-state index is 16.9. The molecule has 0 unspecified atom stereocenters. The predicted molar refractivity (Wildman–Crippen MR) is 232 cm³/mol. The van der Waals surface area contributed by atoms with Crippen LogP contribution < -0.4 is 9.47 Å². The Balaban J connectivity index is 1.42. The highest BCUT2D eigenvalue weighted by Gasteiger charge is 2.81. The molecule has 10 heteroatoms. The van der Waals surface area contributed by atoms with Crippen molar-refractivity contribution in [3.05, 3.63) is 107 Å². The molecule has 0 amide bonds. The van der Waals surface area contributed by atoms with E-state index in [1.54, 1.807) is 24.3 Å². The van der Waals surface area contributed by atoms with Crippen LogP contribution in [0.4, 0.5) is 26.3 Å². The third-order valence-electron chi connectivity index (χ3n) is 12.0. The first kappa shape index (κ1) is 44.0. The molecule has 2 heterocycles. The van der Waals surface area contributed by atoms with Crippen LogP contribution in [0.5, 0.6) is 11.5 Å². The van der Waals surface area contributed by atoms with E-state index in [-0.39, 0.29) is 56.1 Å². The Bertz CT molecular complexity index is 2290. The summed E-state index contributed by atoms with van der Waals surface area (Å²) in [6.45, 7) is 4.33. The fraction of sp³-hybridized carbons (Fsp3) is 0.412. The van der Waals surface area contributed by atoms with Crippen molar-refractivity contribution in [2.75, 3.05) is 14.2 Å². The van der Waals surface area contributed by atoms with Crippen LogP contribution in [-0.4, -0.2) is 32.0 Å². The van der Waals surface area contributed by atoms with Crippen LogP contribution in [0, 0.1) is 0 Å². The second-order valence-corrected chi connectivity index (χ2v) is 16.2. The smallest absolute Gasteiger partial charge is 0.380 e. The molecule has 0 saturated heterocycles. The van der Waals surface area contributed by atoms with E-state index in [0.717, 1.165) is 75.3 Å². The molecule has 7 rings (SSSR count). The van der Waals surface area contributed by atoms with Crippen LogP contribution >= 0.6 is 0 Å². The SMILES string of the molecule is CCCCCCCCc1ccc(-c2oc3ccc(OC)cc3c2C2=C(c3c(-c4ccc(CCCCCCCC)cc4)oc4ccc(OC)cc34)C(F)(F)C(F)(F)C2(F)F)cc1. The molecule has 1 aliphatic carbocycles. The zero-order chi connectivity index (χ0) is 43.4. The summed E-state index contributed by atoms with van der Waals surface area (Å²) in [5.41, 5.74) is -1.69. The normalized spacial score (nSPS) is 15.6. The van der Waals surface area contributed by atoms with Gasteiger partial charge in [-0.25, -0.2) is 0 Å². The minimum absolute atomic E-state index is 0.0306. The number of fused-ring (bicyclic) bond motifs is 2. The summed E-state index contributed by atoms with van der Waals surface area (Å²) in [7, 11) is 2.72. The molecule has 324 valence electrons. The van der Waals surface area contributed by atoms with Gasteiger partial charge in [0.25, 0.3) is 0 Å². The fourth-order valence-corrected chi connectivity index (χ4v) is 8.56. The van der Waals surface area contributed by atoms with Crippen molar-refractivity contribution in [1.82, 2.24) is 0 Å². The lowest BCUT2D eigenvalue weighted by Gasteiger charge is -2.26. The number of halogens is 6. The van der Waals surface area contributed by atoms with Gasteiger partial charge < -0.3 is 18.3 Å². The Labute approximate surface area is 353 Å². The number of hydrogen-bond acceptors (Lipinski definition) is 4. The monoisotopic (exact) mass is 844 g/mol. The zero-order valence-corrected chi connectivity index (χ0v) is 35.4. The van der Waals surface area contributed by atoms with E-state index < -0.39 is 40.0 Å². The molecule has 0 fully saturated rings. The van der Waals surface area contributed by atoms with Crippen LogP contribution in [0.25, 0.3) is 55.7 Å². The van der Waals surface area contributed by atoms with Gasteiger partial charge in [0, 0.05) is 44.2 Å². The van der Waals surface area contributed by atoms with Crippen molar-refractivity contribution in [2.24, 2.45) is 0 Å². The van der Waals surface area contributed by atoms with Crippen LogP contribution in [0.1, 0.15) is 113 Å². The van der Waals surface area contributed by atoms with Crippen molar-refractivity contribution >= 4 is 33.1 Å². The predicted octanol–water partition coefficient (Wildman–Crippen LogP) is 16.2. The van der Waals surface area contributed by atoms with Gasteiger partial charge in [-0.2, -0.15) is 26.3 Å². The topological polar surface area (TPSA) is 44.7 Å². The van der Waals surface area contributed by atoms with Crippen LogP contribution in [-0.2, 0) is 12.8 Å². The number of allylic oxidation sites excluding steroid dienone is 2. The van der Waals surface area contributed by atoms with Crippen molar-refractivity contribution in [3.63, 3.8) is 0 Å². The van der Waals surface area contributed by atoms with Crippen LogP contribution in [0.3, 0.4) is 0 Å². The quantitative estimate of drug-likeness (QED) is 0.0567. The van der Waals surface area contributed by atoms with Gasteiger partial charge in [-0.05, 0) is 73.2 Å². The summed E-state index contributed by atoms with van der Waals surface area (Å²) in [6, 6.07) is 22.6. The molecular formula is C51H54F6O4. The Kier molecular flexibility index (Phi) is 13.3. The maximum Gasteiger partial charge on any atom is 0.380 e. The first-order chi connectivity index (χ1) is 29.4. The average molecular weight is 845 g/mol. The number of ether oxygens (including phenoxy) is 2. The number of rotatable bonds is 20. The molecule has 0 spiro atoms. The largest absolute Gasteiger partial charge is 0.497 e. The molecule has 61 heavy (non-hydrogen) atoms. The highest BCUT2D eigenvalue weighted by Crippen LogP contribution is 2.67. The number of alkyl halides is 6. The van der Waals surface area contributed by atoms with Gasteiger partial charge in [0.15, 0.2) is 0 Å². The van der Waals surface area contributed by atoms with E-state index in [1.165, 1.54) is 76.3 Å². The first-order valence-corrected chi connectivity index (χ1v) is 21.7. The summed E-state index contributed by atoms with van der Waals surface area (Å²) in [5, 5.41) is -0.172. The third-order valence-corrected chi connectivity index (χ3v) is 12.0. The molecule has 0 radical (unpaired) electrons. The minimum Gasteiger partial charge on any atom is -0.497 e. The zero-order valence-electron chi connectivity index (χ0n) is 35.4. The van der Waals surface area contributed by atoms with E-state index in [2.05, 4.69) is 13.8 Å². The van der Waals surface area contributed by atoms with Crippen molar-refractivity contribution in [3.8, 4) is 34.1 Å². The first-order valence-electron chi connectivity index (χ1n) is 21.7. The molecule has 0 bridgehead atoms. The number of unbranched alkanes of at least 4 members (excludes halogenated alkanes) is 10. The number of hydrogen-bond donors (Lipinski definition) is 0. The van der Waals surface area contributed by atoms with E-state index in [4.69, 9.17) is 18.3 Å². The number of methoxy groups -OCH3 is 2. The summed E-state index contributed by atoms with van der Waals surface area (Å²) >= 11 is 0. The van der Waals surface area contributed by atoms with Gasteiger partial charge in [0.05, 0.1) is 14.2 Å². The van der Waals surface area contributed by atoms with Gasteiger partial charge in [0.2, 0.25) is 0 Å². The highest BCUT2D eigenvalue weighted by molar-refractivity contribution is 6.15. The molecule has 0 saturated carbocycles. The molecular weight excluding hydrogens is 791 g/mol. The van der Waals surface area contributed by atoms with E-state index in [1.807, 2.05) is 24.3 Å². The Hall–Kier alpha value is -5.12. The maximum atomic E-state index is 16.9. The Morgan fingerprint density at radius 3 is 1.18 bits per heavy atom. The van der Waals surface area contributed by atoms with Crippen molar-refractivity contribution in [2.45, 2.75) is 122 Å². The minimum atomic E-state index is -5.86. The molecule has 4 nitrogen and oxygen atoms in total. The molecule has 2 aromatic heterocycles. The molecule has 4 aromatic carbocycles. The lowest BCUT2D eigenvalue weighted by atomic mass is 9.88. The summed E-state index contributed by atoms with van der Waals surface area (Å²) in [4.78, 5) is 0. The lowest BCUT2D eigenvalue weighted by molar-refractivity contribution is -0.254. The standard InChI is InChI=1S/C51H54F6O4/c1-5-7-9-11-13-15-17-33-19-23-35(24-20-33)47-43(39-31-37(58-3)27-29-41(39)60-47)45-46(50(54,55)51(56,57)49(45,52)53)44-40-32-38(59-4)28-30-42(40)61-48(44)36-25-21-34(22-26-36)18-16-14-12-10-8-6-2/h19-32H,5-18H2,1-4H3. The van der Waals surface area contributed by atoms with E-state index in [0.29, 0.717) is 0 Å². The van der Waals surface area contributed by atoms with E-state index in [9.17, 15) is 0 Å². The van der Waals surface area contributed by atoms with Crippen molar-refractivity contribution in [1.29, 1.82) is 0 Å². The van der Waals surface area contributed by atoms with Gasteiger partial charge in [0.1, 0.15) is 34.2 Å². The molecule has 0 N–H and O–H groups in total. The third kappa shape index (κ3) is 8.44. The molecule has 0 atom stereocenters. The van der Waals surface area contributed by atoms with E-state index >= 15 is 26.3 Å². The van der Waals surface area contributed by atoms with Crippen LogP contribution in [0.15, 0.2) is 93.8 Å². The van der Waals surface area contributed by atoms with Gasteiger partial charge in [-0.1, -0.05) is 127 Å². The summed E-state index contributed by atoms with van der Waals surface area (Å²) in [5.74, 6) is -16.7. The van der Waals surface area contributed by atoms with Gasteiger partial charge in [-0.15, -0.1) is 0 Å². The second-order valence-electron chi connectivity index (χ2n) is 16.2. The second kappa shape index (κ2) is 18.5. The lowest BCUT2D eigenvalue weighted by Crippen LogP contribution is -2.48. The average Bonchev–Trinajstić information content (AvgIpc) is 3.85. The Morgan fingerprint density at radius 2 is 0.820 bits per heavy atom. The number of furan rings is 2. The number of aryl methyl sites for hydroxylation is 2. The van der Waals surface area contributed by atoms with Gasteiger partial charge >= 0.3 is 17.8 Å². The summed E-state index contributed by atoms with van der Waals surface area (Å²) < 4.78 is 124. The van der Waals surface area contributed by atoms with Crippen molar-refractivity contribution < 1.29 is 44.7 Å². The highest BCUT2D eigenvalue weighted by atomic mass is 19.3. The molecule has 6 aromatic rings. The van der Waals surface area contributed by atoms with Gasteiger partial charge in [-0.3, -0.25) is 0 Å². The fourth-order valence-electron chi connectivity index (χ4n) is 8.56. The number of benzene rings is 4.